The van der Waals surface area contributed by atoms with Gasteiger partial charge in [-0.05, 0) is 19.4 Å². The summed E-state index contributed by atoms with van der Waals surface area (Å²) in [7, 11) is 0. The largest absolute Gasteiger partial charge is 0.389 e. The van der Waals surface area contributed by atoms with Gasteiger partial charge in [-0.1, -0.05) is 25.1 Å². The summed E-state index contributed by atoms with van der Waals surface area (Å²) in [5, 5.41) is 10.6. The normalized spacial score (nSPS) is 22.5. The number of hydrogen-bond acceptors (Lipinski definition) is 3. The second-order valence-corrected chi connectivity index (χ2v) is 5.99. The van der Waals surface area contributed by atoms with Crippen LogP contribution in [0.1, 0.15) is 31.9 Å². The lowest BCUT2D eigenvalue weighted by molar-refractivity contribution is 0.199. The Bertz CT molecular complexity index is 367. The second kappa shape index (κ2) is 5.78. The minimum atomic E-state index is -0.388. The Morgan fingerprint density at radius 2 is 2.24 bits per heavy atom. The fraction of sp³-hybridized carbons (Fsp3) is 0.571. The summed E-state index contributed by atoms with van der Waals surface area (Å²) in [6.45, 7) is 6.28. The molecule has 1 aliphatic rings. The Labute approximate surface area is 108 Å². The number of aliphatic hydroxyl groups is 1. The van der Waals surface area contributed by atoms with Crippen molar-refractivity contribution in [1.82, 2.24) is 0 Å². The van der Waals surface area contributed by atoms with Crippen molar-refractivity contribution >= 4 is 17.4 Å². The molecule has 94 valence electrons. The van der Waals surface area contributed by atoms with Crippen molar-refractivity contribution in [1.29, 1.82) is 0 Å². The van der Waals surface area contributed by atoms with Gasteiger partial charge in [0.25, 0.3) is 0 Å². The molecule has 2 rings (SSSR count). The standard InChI is InChI=1S/C14H21NOS/c1-3-12-10-15(8-9-17-12)14-7-5-4-6-13(14)11(2)16/h4-7,11-12,16H,3,8-10H2,1-2H3/t11-,12?/m0/s1. The van der Waals surface area contributed by atoms with Crippen LogP contribution in [-0.4, -0.2) is 29.2 Å². The highest BCUT2D eigenvalue weighted by Crippen LogP contribution is 2.30. The second-order valence-electron chi connectivity index (χ2n) is 4.58. The molecule has 1 aliphatic heterocycles. The molecule has 1 aromatic carbocycles. The maximum Gasteiger partial charge on any atom is 0.0781 e. The fourth-order valence-electron chi connectivity index (χ4n) is 2.31. The average Bonchev–Trinajstić information content (AvgIpc) is 2.39. The lowest BCUT2D eigenvalue weighted by Gasteiger charge is -2.35. The van der Waals surface area contributed by atoms with Crippen molar-refractivity contribution in [3.63, 3.8) is 0 Å². The molecule has 0 bridgehead atoms. The van der Waals surface area contributed by atoms with Crippen molar-refractivity contribution in [2.45, 2.75) is 31.6 Å². The van der Waals surface area contributed by atoms with Gasteiger partial charge >= 0.3 is 0 Å². The summed E-state index contributed by atoms with van der Waals surface area (Å²) >= 11 is 2.07. The highest BCUT2D eigenvalue weighted by Gasteiger charge is 2.21. The third kappa shape index (κ3) is 2.96. The van der Waals surface area contributed by atoms with Crippen molar-refractivity contribution in [3.05, 3.63) is 29.8 Å². The van der Waals surface area contributed by atoms with Crippen LogP contribution in [0.5, 0.6) is 0 Å². The molecule has 0 amide bonds. The molecule has 3 heteroatoms. The Balaban J connectivity index is 2.21. The number of benzene rings is 1. The van der Waals surface area contributed by atoms with Crippen LogP contribution in [0.3, 0.4) is 0 Å². The van der Waals surface area contributed by atoms with Crippen LogP contribution in [0.15, 0.2) is 24.3 Å². The number of hydrogen-bond donors (Lipinski definition) is 1. The molecule has 0 saturated carbocycles. The zero-order chi connectivity index (χ0) is 12.3. The molecule has 1 saturated heterocycles. The number of para-hydroxylation sites is 1. The summed E-state index contributed by atoms with van der Waals surface area (Å²) in [5.74, 6) is 1.19. The van der Waals surface area contributed by atoms with Crippen molar-refractivity contribution in [3.8, 4) is 0 Å². The molecule has 17 heavy (non-hydrogen) atoms. The molecule has 1 heterocycles. The van der Waals surface area contributed by atoms with Crippen LogP contribution in [0.25, 0.3) is 0 Å². The van der Waals surface area contributed by atoms with Crippen molar-refractivity contribution in [2.24, 2.45) is 0 Å². The van der Waals surface area contributed by atoms with Gasteiger partial charge in [-0.15, -0.1) is 0 Å². The van der Waals surface area contributed by atoms with Gasteiger partial charge in [-0.2, -0.15) is 11.8 Å². The summed E-state index contributed by atoms with van der Waals surface area (Å²) in [6.07, 6.45) is 0.832. The molecular weight excluding hydrogens is 230 g/mol. The molecule has 0 radical (unpaired) electrons. The van der Waals surface area contributed by atoms with Crippen molar-refractivity contribution in [2.75, 3.05) is 23.7 Å². The van der Waals surface area contributed by atoms with Gasteiger partial charge in [0.1, 0.15) is 0 Å². The van der Waals surface area contributed by atoms with Gasteiger partial charge in [0.05, 0.1) is 6.10 Å². The summed E-state index contributed by atoms with van der Waals surface area (Å²) < 4.78 is 0. The maximum absolute atomic E-state index is 9.83. The first-order valence-electron chi connectivity index (χ1n) is 6.36. The first-order chi connectivity index (χ1) is 8.22. The smallest absolute Gasteiger partial charge is 0.0781 e. The minimum absolute atomic E-state index is 0.388. The molecule has 2 nitrogen and oxygen atoms in total. The number of aliphatic hydroxyl groups excluding tert-OH is 1. The Morgan fingerprint density at radius 1 is 1.47 bits per heavy atom. The van der Waals surface area contributed by atoms with E-state index < -0.39 is 0 Å². The van der Waals surface area contributed by atoms with Gasteiger partial charge in [0.2, 0.25) is 0 Å². The van der Waals surface area contributed by atoms with E-state index in [1.807, 2.05) is 19.1 Å². The van der Waals surface area contributed by atoms with Gasteiger partial charge in [-0.25, -0.2) is 0 Å². The Morgan fingerprint density at radius 3 is 2.94 bits per heavy atom. The predicted molar refractivity (Wildman–Crippen MR) is 75.8 cm³/mol. The zero-order valence-corrected chi connectivity index (χ0v) is 11.4. The molecule has 0 spiro atoms. The van der Waals surface area contributed by atoms with E-state index in [0.717, 1.165) is 23.9 Å². The van der Waals surface area contributed by atoms with E-state index in [2.05, 4.69) is 35.7 Å². The van der Waals surface area contributed by atoms with Gasteiger partial charge < -0.3 is 10.0 Å². The van der Waals surface area contributed by atoms with Crippen LogP contribution in [0, 0.1) is 0 Å². The molecule has 0 aliphatic carbocycles. The fourth-order valence-corrected chi connectivity index (χ4v) is 3.49. The topological polar surface area (TPSA) is 23.5 Å². The van der Waals surface area contributed by atoms with E-state index in [0.29, 0.717) is 0 Å². The number of anilines is 1. The zero-order valence-electron chi connectivity index (χ0n) is 10.6. The third-order valence-electron chi connectivity index (χ3n) is 3.32. The molecule has 2 atom stereocenters. The van der Waals surface area contributed by atoms with Crippen LogP contribution in [0.4, 0.5) is 5.69 Å². The number of nitrogens with zero attached hydrogens (tertiary/aromatic N) is 1. The summed E-state index contributed by atoms with van der Waals surface area (Å²) in [5.41, 5.74) is 2.26. The Kier molecular flexibility index (Phi) is 4.35. The van der Waals surface area contributed by atoms with E-state index in [1.165, 1.54) is 17.9 Å². The first-order valence-corrected chi connectivity index (χ1v) is 7.40. The van der Waals surface area contributed by atoms with Crippen LogP contribution >= 0.6 is 11.8 Å². The number of rotatable bonds is 3. The monoisotopic (exact) mass is 251 g/mol. The molecular formula is C14H21NOS. The van der Waals surface area contributed by atoms with Crippen LogP contribution < -0.4 is 4.90 Å². The molecule has 0 aromatic heterocycles. The molecule has 1 fully saturated rings. The van der Waals surface area contributed by atoms with Crippen LogP contribution in [-0.2, 0) is 0 Å². The van der Waals surface area contributed by atoms with E-state index >= 15 is 0 Å². The lowest BCUT2D eigenvalue weighted by Crippen LogP contribution is -2.38. The highest BCUT2D eigenvalue weighted by atomic mass is 32.2. The van der Waals surface area contributed by atoms with Gasteiger partial charge in [0, 0.05) is 35.3 Å². The van der Waals surface area contributed by atoms with E-state index in [-0.39, 0.29) is 6.10 Å². The molecule has 1 N–H and O–H groups in total. The SMILES string of the molecule is CCC1CN(c2ccccc2[C@H](C)O)CCS1. The van der Waals surface area contributed by atoms with E-state index in [4.69, 9.17) is 0 Å². The van der Waals surface area contributed by atoms with E-state index in [1.54, 1.807) is 0 Å². The Hall–Kier alpha value is -0.670. The molecule has 1 unspecified atom stereocenters. The third-order valence-corrected chi connectivity index (χ3v) is 4.69. The van der Waals surface area contributed by atoms with E-state index in [9.17, 15) is 5.11 Å². The average molecular weight is 251 g/mol. The van der Waals surface area contributed by atoms with Crippen molar-refractivity contribution < 1.29 is 5.11 Å². The predicted octanol–water partition coefficient (Wildman–Crippen LogP) is 3.07. The molecule has 1 aromatic rings. The minimum Gasteiger partial charge on any atom is -0.389 e. The maximum atomic E-state index is 9.83. The first kappa shape index (κ1) is 12.8. The highest BCUT2D eigenvalue weighted by molar-refractivity contribution is 8.00. The number of thioether (sulfide) groups is 1. The summed E-state index contributed by atoms with van der Waals surface area (Å²) in [4.78, 5) is 2.42. The van der Waals surface area contributed by atoms with Gasteiger partial charge in [-0.3, -0.25) is 0 Å². The summed E-state index contributed by atoms with van der Waals surface area (Å²) in [6, 6.07) is 8.22. The lowest BCUT2D eigenvalue weighted by atomic mass is 10.1. The van der Waals surface area contributed by atoms with Crippen LogP contribution in [0.2, 0.25) is 0 Å². The quantitative estimate of drug-likeness (QED) is 0.893. The van der Waals surface area contributed by atoms with Gasteiger partial charge in [0.15, 0.2) is 0 Å².